The number of aliphatic hydroxyl groups excluding tert-OH is 1. The van der Waals surface area contributed by atoms with Crippen molar-refractivity contribution in [3.05, 3.63) is 29.3 Å². The summed E-state index contributed by atoms with van der Waals surface area (Å²) in [6.45, 7) is 8.19. The van der Waals surface area contributed by atoms with Gasteiger partial charge in [0.05, 0.1) is 29.2 Å². The molecule has 3 saturated heterocycles. The maximum absolute atomic E-state index is 13.9. The zero-order chi connectivity index (χ0) is 23.9. The van der Waals surface area contributed by atoms with Gasteiger partial charge in [0.25, 0.3) is 0 Å². The molecule has 3 fully saturated rings. The first-order valence-electron chi connectivity index (χ1n) is 12.1. The summed E-state index contributed by atoms with van der Waals surface area (Å²) in [7, 11) is 0. The zero-order valence-corrected chi connectivity index (χ0v) is 20.7. The maximum atomic E-state index is 13.9. The molecule has 3 aliphatic heterocycles. The van der Waals surface area contributed by atoms with E-state index in [1.165, 1.54) is 0 Å². The number of thioether (sulfide) groups is 1. The van der Waals surface area contributed by atoms with Crippen LogP contribution in [0, 0.1) is 25.7 Å². The van der Waals surface area contributed by atoms with Crippen LogP contribution in [0.25, 0.3) is 0 Å². The molecule has 0 aromatic heterocycles. The van der Waals surface area contributed by atoms with Gasteiger partial charge in [-0.2, -0.15) is 0 Å². The van der Waals surface area contributed by atoms with Crippen LogP contribution < -0.4 is 10.6 Å². The fourth-order valence-corrected chi connectivity index (χ4v) is 8.27. The molecule has 3 heterocycles. The predicted molar refractivity (Wildman–Crippen MR) is 130 cm³/mol. The summed E-state index contributed by atoms with van der Waals surface area (Å²) >= 11 is 1.65. The number of rotatable bonds is 8. The molecule has 2 bridgehead atoms. The number of nitrogens with one attached hydrogen (secondary N) is 2. The highest BCUT2D eigenvalue weighted by Crippen LogP contribution is 2.66. The third-order valence-electron chi connectivity index (χ3n) is 7.64. The van der Waals surface area contributed by atoms with E-state index in [-0.39, 0.29) is 29.6 Å². The molecule has 0 radical (unpaired) electrons. The smallest absolute Gasteiger partial charge is 0.248 e. The number of para-hydroxylation sites is 1. The van der Waals surface area contributed by atoms with Crippen molar-refractivity contribution in [1.29, 1.82) is 0 Å². The van der Waals surface area contributed by atoms with Gasteiger partial charge < -0.3 is 20.6 Å². The lowest BCUT2D eigenvalue weighted by Gasteiger charge is -2.37. The normalized spacial score (nSPS) is 30.9. The van der Waals surface area contributed by atoms with Gasteiger partial charge in [0.15, 0.2) is 0 Å². The van der Waals surface area contributed by atoms with Gasteiger partial charge in [-0.25, -0.2) is 0 Å². The summed E-state index contributed by atoms with van der Waals surface area (Å²) in [4.78, 5) is 42.5. The molecule has 1 aromatic carbocycles. The number of aliphatic hydroxyl groups is 1. The molecule has 2 unspecified atom stereocenters. The minimum absolute atomic E-state index is 0.0441. The molecular weight excluding hydrogens is 438 g/mol. The number of carbonyl (C=O) groups is 3. The first-order chi connectivity index (χ1) is 15.8. The van der Waals surface area contributed by atoms with Crippen molar-refractivity contribution in [2.24, 2.45) is 11.8 Å². The second-order valence-electron chi connectivity index (χ2n) is 9.59. The van der Waals surface area contributed by atoms with E-state index < -0.39 is 28.7 Å². The van der Waals surface area contributed by atoms with Crippen molar-refractivity contribution in [2.45, 2.75) is 75.5 Å². The Kier molecular flexibility index (Phi) is 6.78. The van der Waals surface area contributed by atoms with Crippen molar-refractivity contribution in [3.8, 4) is 0 Å². The molecule has 0 aliphatic carbocycles. The first-order valence-corrected chi connectivity index (χ1v) is 12.9. The van der Waals surface area contributed by atoms with Crippen molar-refractivity contribution in [1.82, 2.24) is 10.2 Å². The summed E-state index contributed by atoms with van der Waals surface area (Å²) in [6.07, 6.45) is 2.91. The van der Waals surface area contributed by atoms with Crippen molar-refractivity contribution < 1.29 is 19.5 Å². The van der Waals surface area contributed by atoms with Gasteiger partial charge in [-0.15, -0.1) is 11.8 Å². The lowest BCUT2D eigenvalue weighted by Crippen LogP contribution is -2.54. The number of hydrogen-bond donors (Lipinski definition) is 3. The summed E-state index contributed by atoms with van der Waals surface area (Å²) in [6, 6.07) is 4.69. The van der Waals surface area contributed by atoms with Crippen LogP contribution in [0.3, 0.4) is 0 Å². The summed E-state index contributed by atoms with van der Waals surface area (Å²) in [5.74, 6) is -1.43. The third kappa shape index (κ3) is 3.75. The van der Waals surface area contributed by atoms with E-state index in [2.05, 4.69) is 10.6 Å². The topological polar surface area (TPSA) is 98.7 Å². The van der Waals surface area contributed by atoms with Gasteiger partial charge in [0.2, 0.25) is 17.7 Å². The van der Waals surface area contributed by atoms with Crippen molar-refractivity contribution in [3.63, 3.8) is 0 Å². The number of anilines is 1. The monoisotopic (exact) mass is 473 g/mol. The van der Waals surface area contributed by atoms with E-state index in [4.69, 9.17) is 0 Å². The van der Waals surface area contributed by atoms with E-state index in [1.54, 1.807) is 16.7 Å². The molecule has 4 rings (SSSR count). The third-order valence-corrected chi connectivity index (χ3v) is 9.59. The van der Waals surface area contributed by atoms with Crippen LogP contribution in [0.1, 0.15) is 50.7 Å². The Balaban J connectivity index is 1.73. The van der Waals surface area contributed by atoms with Crippen molar-refractivity contribution >= 4 is 35.2 Å². The SMILES string of the molecule is CCCNC(=O)[C@@H]1[C@@H]2CCC3(S2)C(C(=O)Nc2c(C)cccc2C)N([C@@H](CC)CO)C(=O)[C@H]13. The quantitative estimate of drug-likeness (QED) is 0.539. The Bertz CT molecular complexity index is 929. The predicted octanol–water partition coefficient (Wildman–Crippen LogP) is 2.63. The number of likely N-dealkylation sites (tertiary alicyclic amines) is 1. The Morgan fingerprint density at radius 3 is 2.55 bits per heavy atom. The second-order valence-corrected chi connectivity index (χ2v) is 11.2. The summed E-state index contributed by atoms with van der Waals surface area (Å²) in [5, 5.41) is 16.2. The van der Waals surface area contributed by atoms with E-state index >= 15 is 0 Å². The van der Waals surface area contributed by atoms with Gasteiger partial charge in [-0.1, -0.05) is 32.0 Å². The number of aryl methyl sites for hydroxylation is 2. The van der Waals surface area contributed by atoms with Gasteiger partial charge in [-0.3, -0.25) is 14.4 Å². The standard InChI is InChI=1S/C25H35N3O4S/c1-5-12-26-22(30)18-17-10-11-25(33-17)19(18)24(32)28(16(6-2)13-29)21(25)23(31)27-20-14(3)8-7-9-15(20)4/h7-9,16-19,21,29H,5-6,10-13H2,1-4H3,(H,26,30)(H,27,31)/t16-,17-,18+,19-,21?,25?/m0/s1. The van der Waals surface area contributed by atoms with E-state index in [0.717, 1.165) is 36.1 Å². The number of hydrogen-bond acceptors (Lipinski definition) is 5. The molecule has 8 heteroatoms. The molecule has 3 N–H and O–H groups in total. The Morgan fingerprint density at radius 2 is 1.94 bits per heavy atom. The molecular formula is C25H35N3O4S. The number of fused-ring (bicyclic) bond motifs is 1. The highest BCUT2D eigenvalue weighted by Gasteiger charge is 2.74. The van der Waals surface area contributed by atoms with E-state index in [1.807, 2.05) is 45.9 Å². The number of amides is 3. The minimum Gasteiger partial charge on any atom is -0.394 e. The minimum atomic E-state index is -0.718. The lowest BCUT2D eigenvalue weighted by atomic mass is 9.70. The fraction of sp³-hybridized carbons (Fsp3) is 0.640. The molecule has 180 valence electrons. The maximum Gasteiger partial charge on any atom is 0.248 e. The number of carbonyl (C=O) groups excluding carboxylic acids is 3. The van der Waals surface area contributed by atoms with Crippen LogP contribution in [0.5, 0.6) is 0 Å². The van der Waals surface area contributed by atoms with Crippen molar-refractivity contribution in [2.75, 3.05) is 18.5 Å². The molecule has 1 aromatic rings. The zero-order valence-electron chi connectivity index (χ0n) is 19.9. The van der Waals surface area contributed by atoms with Crippen LogP contribution in [0.4, 0.5) is 5.69 Å². The van der Waals surface area contributed by atoms with Crippen LogP contribution in [0.2, 0.25) is 0 Å². The van der Waals surface area contributed by atoms with Crippen LogP contribution >= 0.6 is 11.8 Å². The van der Waals surface area contributed by atoms with Crippen LogP contribution in [-0.4, -0.2) is 63.0 Å². The second kappa shape index (κ2) is 9.29. The average molecular weight is 474 g/mol. The molecule has 0 saturated carbocycles. The van der Waals surface area contributed by atoms with E-state index in [0.29, 0.717) is 13.0 Å². The number of nitrogens with zero attached hydrogens (tertiary/aromatic N) is 1. The Labute approximate surface area is 200 Å². The summed E-state index contributed by atoms with van der Waals surface area (Å²) < 4.78 is -0.640. The van der Waals surface area contributed by atoms with Crippen LogP contribution in [0.15, 0.2) is 18.2 Å². The van der Waals surface area contributed by atoms with Gasteiger partial charge in [0, 0.05) is 17.5 Å². The van der Waals surface area contributed by atoms with Gasteiger partial charge in [-0.05, 0) is 50.7 Å². The molecule has 6 atom stereocenters. The molecule has 7 nitrogen and oxygen atoms in total. The number of benzene rings is 1. The molecule has 1 spiro atoms. The largest absolute Gasteiger partial charge is 0.394 e. The van der Waals surface area contributed by atoms with Gasteiger partial charge >= 0.3 is 0 Å². The summed E-state index contributed by atoms with van der Waals surface area (Å²) in [5.41, 5.74) is 2.69. The molecule has 3 aliphatic rings. The lowest BCUT2D eigenvalue weighted by molar-refractivity contribution is -0.142. The highest BCUT2D eigenvalue weighted by molar-refractivity contribution is 8.02. The van der Waals surface area contributed by atoms with Gasteiger partial charge in [0.1, 0.15) is 6.04 Å². The molecule has 33 heavy (non-hydrogen) atoms. The molecule has 3 amide bonds. The Morgan fingerprint density at radius 1 is 1.24 bits per heavy atom. The van der Waals surface area contributed by atoms with E-state index in [9.17, 15) is 19.5 Å². The highest BCUT2D eigenvalue weighted by atomic mass is 32.2. The Hall–Kier alpha value is -2.06. The fourth-order valence-electron chi connectivity index (χ4n) is 6.07. The van der Waals surface area contributed by atoms with Crippen LogP contribution in [-0.2, 0) is 14.4 Å². The average Bonchev–Trinajstić information content (AvgIpc) is 3.43. The first kappa shape index (κ1) is 24.1.